The molecular formula is C22H33N5O. The van der Waals surface area contributed by atoms with E-state index in [1.165, 1.54) is 32.1 Å². The van der Waals surface area contributed by atoms with Crippen LogP contribution in [0.2, 0.25) is 0 Å². The Hall–Kier alpha value is -2.34. The molecule has 1 aromatic carbocycles. The SMILES string of the molecule is CCNC(=NCc1ccc(-n2cccn2)cc1)NCC1(CCO)CCCCC1. The molecule has 0 unspecified atom stereocenters. The summed E-state index contributed by atoms with van der Waals surface area (Å²) >= 11 is 0. The van der Waals surface area contributed by atoms with Crippen molar-refractivity contribution in [2.24, 2.45) is 10.4 Å². The van der Waals surface area contributed by atoms with Crippen LogP contribution in [0, 0.1) is 5.41 Å². The molecule has 0 amide bonds. The average Bonchev–Trinajstić information content (AvgIpc) is 3.26. The molecule has 0 bridgehead atoms. The molecule has 0 radical (unpaired) electrons. The molecule has 1 heterocycles. The van der Waals surface area contributed by atoms with Crippen LogP contribution in [0.3, 0.4) is 0 Å². The van der Waals surface area contributed by atoms with Crippen LogP contribution in [0.1, 0.15) is 51.0 Å². The van der Waals surface area contributed by atoms with E-state index in [1.54, 1.807) is 6.20 Å². The van der Waals surface area contributed by atoms with Crippen molar-refractivity contribution in [3.05, 3.63) is 48.3 Å². The number of aromatic nitrogens is 2. The molecule has 1 aliphatic carbocycles. The number of hydrogen-bond donors (Lipinski definition) is 3. The second kappa shape index (κ2) is 10.3. The van der Waals surface area contributed by atoms with E-state index in [-0.39, 0.29) is 12.0 Å². The van der Waals surface area contributed by atoms with Crippen LogP contribution < -0.4 is 10.6 Å². The van der Waals surface area contributed by atoms with E-state index in [0.717, 1.165) is 36.7 Å². The highest BCUT2D eigenvalue weighted by atomic mass is 16.3. The van der Waals surface area contributed by atoms with Crippen molar-refractivity contribution in [1.29, 1.82) is 0 Å². The lowest BCUT2D eigenvalue weighted by Gasteiger charge is -2.37. The summed E-state index contributed by atoms with van der Waals surface area (Å²) in [7, 11) is 0. The first-order valence-corrected chi connectivity index (χ1v) is 10.5. The highest BCUT2D eigenvalue weighted by Gasteiger charge is 2.31. The van der Waals surface area contributed by atoms with Gasteiger partial charge in [-0.1, -0.05) is 31.4 Å². The molecule has 6 heteroatoms. The van der Waals surface area contributed by atoms with Gasteiger partial charge in [0.25, 0.3) is 0 Å². The highest BCUT2D eigenvalue weighted by molar-refractivity contribution is 5.79. The van der Waals surface area contributed by atoms with E-state index >= 15 is 0 Å². The van der Waals surface area contributed by atoms with Crippen LogP contribution >= 0.6 is 0 Å². The topological polar surface area (TPSA) is 74.5 Å². The molecule has 28 heavy (non-hydrogen) atoms. The maximum absolute atomic E-state index is 9.52. The van der Waals surface area contributed by atoms with Gasteiger partial charge in [0.15, 0.2) is 5.96 Å². The maximum Gasteiger partial charge on any atom is 0.191 e. The lowest BCUT2D eigenvalue weighted by molar-refractivity contribution is 0.131. The van der Waals surface area contributed by atoms with Gasteiger partial charge in [0.05, 0.1) is 12.2 Å². The standard InChI is InChI=1S/C22H33N5O/c1-2-23-21(25-18-22(13-16-28)11-4-3-5-12-22)24-17-19-7-9-20(10-8-19)27-15-6-14-26-27/h6-10,14-15,28H,2-5,11-13,16-18H2,1H3,(H2,23,24,25). The lowest BCUT2D eigenvalue weighted by Crippen LogP contribution is -2.44. The minimum atomic E-state index is 0.203. The van der Waals surface area contributed by atoms with Crippen LogP contribution in [0.15, 0.2) is 47.7 Å². The average molecular weight is 384 g/mol. The molecule has 1 aromatic heterocycles. The summed E-state index contributed by atoms with van der Waals surface area (Å²) in [5.41, 5.74) is 2.41. The first-order valence-electron chi connectivity index (χ1n) is 10.5. The monoisotopic (exact) mass is 383 g/mol. The van der Waals surface area contributed by atoms with E-state index in [1.807, 2.05) is 16.9 Å². The van der Waals surface area contributed by atoms with Crippen LogP contribution in [0.4, 0.5) is 0 Å². The fourth-order valence-corrected chi connectivity index (χ4v) is 4.01. The molecule has 152 valence electrons. The van der Waals surface area contributed by atoms with Crippen LogP contribution in [-0.2, 0) is 6.54 Å². The summed E-state index contributed by atoms with van der Waals surface area (Å²) in [6.07, 6.45) is 10.8. The van der Waals surface area contributed by atoms with Crippen molar-refractivity contribution in [2.45, 2.75) is 52.0 Å². The highest BCUT2D eigenvalue weighted by Crippen LogP contribution is 2.38. The zero-order valence-corrected chi connectivity index (χ0v) is 16.9. The quantitative estimate of drug-likeness (QED) is 0.483. The van der Waals surface area contributed by atoms with Crippen molar-refractivity contribution < 1.29 is 5.11 Å². The predicted molar refractivity (Wildman–Crippen MR) is 114 cm³/mol. The van der Waals surface area contributed by atoms with Crippen molar-refractivity contribution in [1.82, 2.24) is 20.4 Å². The number of benzene rings is 1. The number of guanidine groups is 1. The van der Waals surface area contributed by atoms with Crippen molar-refractivity contribution >= 4 is 5.96 Å². The van der Waals surface area contributed by atoms with Crippen LogP contribution in [0.5, 0.6) is 0 Å². The number of rotatable bonds is 8. The molecule has 1 fully saturated rings. The Bertz CT molecular complexity index is 712. The number of nitrogens with one attached hydrogen (secondary N) is 2. The number of nitrogens with zero attached hydrogens (tertiary/aromatic N) is 3. The third-order valence-electron chi connectivity index (χ3n) is 5.66. The van der Waals surface area contributed by atoms with Gasteiger partial charge in [-0.15, -0.1) is 0 Å². The predicted octanol–water partition coefficient (Wildman–Crippen LogP) is 3.26. The Morgan fingerprint density at radius 3 is 2.61 bits per heavy atom. The third-order valence-corrected chi connectivity index (χ3v) is 5.66. The van der Waals surface area contributed by atoms with Gasteiger partial charge in [-0.05, 0) is 55.4 Å². The summed E-state index contributed by atoms with van der Waals surface area (Å²) in [5.74, 6) is 0.849. The Morgan fingerprint density at radius 2 is 1.96 bits per heavy atom. The molecule has 0 spiro atoms. The largest absolute Gasteiger partial charge is 0.396 e. The van der Waals surface area contributed by atoms with Crippen LogP contribution in [0.25, 0.3) is 5.69 Å². The second-order valence-electron chi connectivity index (χ2n) is 7.70. The minimum Gasteiger partial charge on any atom is -0.396 e. The Balaban J connectivity index is 1.60. The molecule has 0 aliphatic heterocycles. The molecule has 2 aromatic rings. The molecule has 1 aliphatic rings. The van der Waals surface area contributed by atoms with Gasteiger partial charge >= 0.3 is 0 Å². The number of hydrogen-bond acceptors (Lipinski definition) is 3. The van der Waals surface area contributed by atoms with Gasteiger partial charge in [-0.3, -0.25) is 0 Å². The Morgan fingerprint density at radius 1 is 1.18 bits per heavy atom. The summed E-state index contributed by atoms with van der Waals surface area (Å²) in [6, 6.07) is 10.2. The summed E-state index contributed by atoms with van der Waals surface area (Å²) in [5, 5.41) is 20.7. The summed E-state index contributed by atoms with van der Waals surface area (Å²) in [6.45, 7) is 4.68. The molecular weight excluding hydrogens is 350 g/mol. The van der Waals surface area contributed by atoms with Crippen molar-refractivity contribution in [2.75, 3.05) is 19.7 Å². The first-order chi connectivity index (χ1) is 13.7. The lowest BCUT2D eigenvalue weighted by atomic mass is 9.72. The molecule has 0 saturated heterocycles. The maximum atomic E-state index is 9.52. The number of aliphatic hydroxyl groups excluding tert-OH is 1. The third kappa shape index (κ3) is 5.58. The van der Waals surface area contributed by atoms with Gasteiger partial charge in [-0.25, -0.2) is 9.67 Å². The van der Waals surface area contributed by atoms with Crippen molar-refractivity contribution in [3.63, 3.8) is 0 Å². The van der Waals surface area contributed by atoms with Gasteiger partial charge in [0, 0.05) is 32.1 Å². The Kier molecular flexibility index (Phi) is 7.48. The fraction of sp³-hybridized carbons (Fsp3) is 0.545. The Labute approximate surface area is 168 Å². The van der Waals surface area contributed by atoms with E-state index < -0.39 is 0 Å². The van der Waals surface area contributed by atoms with Crippen LogP contribution in [-0.4, -0.2) is 40.5 Å². The first kappa shape index (κ1) is 20.4. The fourth-order valence-electron chi connectivity index (χ4n) is 4.01. The zero-order chi connectivity index (χ0) is 19.7. The molecule has 3 N–H and O–H groups in total. The summed E-state index contributed by atoms with van der Waals surface area (Å²) < 4.78 is 1.85. The van der Waals surface area contributed by atoms with E-state index in [9.17, 15) is 5.11 Å². The van der Waals surface area contributed by atoms with E-state index in [0.29, 0.717) is 6.54 Å². The van der Waals surface area contributed by atoms with Crippen molar-refractivity contribution in [3.8, 4) is 5.69 Å². The number of aliphatic imine (C=N–C) groups is 1. The summed E-state index contributed by atoms with van der Waals surface area (Å²) in [4.78, 5) is 4.76. The normalized spacial score (nSPS) is 16.7. The van der Waals surface area contributed by atoms with Gasteiger partial charge in [0.2, 0.25) is 0 Å². The molecule has 6 nitrogen and oxygen atoms in total. The zero-order valence-electron chi connectivity index (χ0n) is 16.9. The van der Waals surface area contributed by atoms with Gasteiger partial charge < -0.3 is 15.7 Å². The molecule has 0 atom stereocenters. The smallest absolute Gasteiger partial charge is 0.191 e. The van der Waals surface area contributed by atoms with E-state index in [2.05, 4.69) is 46.9 Å². The van der Waals surface area contributed by atoms with E-state index in [4.69, 9.17) is 4.99 Å². The minimum absolute atomic E-state index is 0.203. The molecule has 1 saturated carbocycles. The second-order valence-corrected chi connectivity index (χ2v) is 7.70. The van der Waals surface area contributed by atoms with Gasteiger partial charge in [-0.2, -0.15) is 5.10 Å². The molecule has 3 rings (SSSR count). The number of aliphatic hydroxyl groups is 1. The van der Waals surface area contributed by atoms with Gasteiger partial charge in [0.1, 0.15) is 0 Å².